The number of piperazine rings is 1. The summed E-state index contributed by atoms with van der Waals surface area (Å²) in [5, 5.41) is 9.02. The molecule has 0 bridgehead atoms. The zero-order chi connectivity index (χ0) is 16.3. The number of pyridine rings is 1. The molecule has 1 saturated heterocycles. The van der Waals surface area contributed by atoms with Crippen LogP contribution in [0.2, 0.25) is 0 Å². The summed E-state index contributed by atoms with van der Waals surface area (Å²) >= 11 is 0. The van der Waals surface area contributed by atoms with Crippen molar-refractivity contribution in [2.24, 2.45) is 0 Å². The minimum Gasteiger partial charge on any atom is -0.444 e. The molecule has 0 atom stereocenters. The standard InChI is InChI=1S/C15H21N5O2/c1-15(2,3)22-14(21)20-8-6-19(7-9-20)13-12(17)11(10-16)4-5-18-13/h4-5H,6-9,17H2,1-3H3. The van der Waals surface area contributed by atoms with E-state index in [1.54, 1.807) is 17.2 Å². The lowest BCUT2D eigenvalue weighted by atomic mass is 10.2. The van der Waals surface area contributed by atoms with Gasteiger partial charge in [-0.25, -0.2) is 9.78 Å². The Hall–Kier alpha value is -2.49. The van der Waals surface area contributed by atoms with Gasteiger partial charge < -0.3 is 20.3 Å². The smallest absolute Gasteiger partial charge is 0.410 e. The Bertz CT molecular complexity index is 595. The summed E-state index contributed by atoms with van der Waals surface area (Å²) in [6.45, 7) is 7.81. The molecule has 0 aliphatic carbocycles. The van der Waals surface area contributed by atoms with Crippen LogP contribution in [0.15, 0.2) is 12.3 Å². The molecule has 0 radical (unpaired) electrons. The monoisotopic (exact) mass is 303 g/mol. The number of anilines is 2. The van der Waals surface area contributed by atoms with Crippen LogP contribution in [0.4, 0.5) is 16.3 Å². The minimum atomic E-state index is -0.499. The molecule has 0 saturated carbocycles. The molecule has 0 spiro atoms. The van der Waals surface area contributed by atoms with Gasteiger partial charge in [0, 0.05) is 32.4 Å². The number of nitrogens with zero attached hydrogens (tertiary/aromatic N) is 4. The highest BCUT2D eigenvalue weighted by Crippen LogP contribution is 2.24. The zero-order valence-electron chi connectivity index (χ0n) is 13.2. The largest absolute Gasteiger partial charge is 0.444 e. The van der Waals surface area contributed by atoms with Gasteiger partial charge in [0.25, 0.3) is 0 Å². The molecule has 1 aromatic heterocycles. The number of aromatic nitrogens is 1. The summed E-state index contributed by atoms with van der Waals surface area (Å²) in [7, 11) is 0. The van der Waals surface area contributed by atoms with E-state index in [2.05, 4.69) is 11.1 Å². The maximum Gasteiger partial charge on any atom is 0.410 e. The summed E-state index contributed by atoms with van der Waals surface area (Å²) < 4.78 is 5.36. The van der Waals surface area contributed by atoms with E-state index >= 15 is 0 Å². The molecular formula is C15H21N5O2. The van der Waals surface area contributed by atoms with Crippen molar-refractivity contribution in [1.29, 1.82) is 5.26 Å². The van der Waals surface area contributed by atoms with E-state index in [1.807, 2.05) is 25.7 Å². The molecule has 1 aromatic rings. The summed E-state index contributed by atoms with van der Waals surface area (Å²) in [6.07, 6.45) is 1.27. The van der Waals surface area contributed by atoms with Crippen LogP contribution in [0, 0.1) is 11.3 Å². The number of hydrogen-bond acceptors (Lipinski definition) is 6. The van der Waals surface area contributed by atoms with Gasteiger partial charge in [0.05, 0.1) is 11.3 Å². The van der Waals surface area contributed by atoms with E-state index < -0.39 is 5.60 Å². The number of nitrogens with two attached hydrogens (primary N) is 1. The quantitative estimate of drug-likeness (QED) is 0.846. The normalized spacial score (nSPS) is 15.4. The molecule has 1 aliphatic heterocycles. The van der Waals surface area contributed by atoms with E-state index in [0.717, 1.165) is 0 Å². The van der Waals surface area contributed by atoms with Crippen LogP contribution < -0.4 is 10.6 Å². The van der Waals surface area contributed by atoms with Gasteiger partial charge in [0.15, 0.2) is 5.82 Å². The third-order valence-electron chi connectivity index (χ3n) is 3.32. The van der Waals surface area contributed by atoms with E-state index in [9.17, 15) is 4.79 Å². The Morgan fingerprint density at radius 3 is 2.55 bits per heavy atom. The molecule has 118 valence electrons. The molecule has 7 nitrogen and oxygen atoms in total. The molecule has 0 aromatic carbocycles. The van der Waals surface area contributed by atoms with Gasteiger partial charge in [0.2, 0.25) is 0 Å². The highest BCUT2D eigenvalue weighted by molar-refractivity contribution is 5.71. The van der Waals surface area contributed by atoms with Crippen molar-refractivity contribution in [3.8, 4) is 6.07 Å². The highest BCUT2D eigenvalue weighted by Gasteiger charge is 2.27. The van der Waals surface area contributed by atoms with E-state index in [0.29, 0.717) is 43.2 Å². The predicted molar refractivity (Wildman–Crippen MR) is 83.4 cm³/mol. The fraction of sp³-hybridized carbons (Fsp3) is 0.533. The van der Waals surface area contributed by atoms with Crippen LogP contribution in [0.3, 0.4) is 0 Å². The van der Waals surface area contributed by atoms with Crippen LogP contribution in [0.5, 0.6) is 0 Å². The summed E-state index contributed by atoms with van der Waals surface area (Å²) in [6, 6.07) is 3.64. The number of nitriles is 1. The second kappa shape index (κ2) is 6.10. The highest BCUT2D eigenvalue weighted by atomic mass is 16.6. The lowest BCUT2D eigenvalue weighted by Gasteiger charge is -2.36. The van der Waals surface area contributed by atoms with Gasteiger partial charge in [-0.3, -0.25) is 0 Å². The number of carbonyl (C=O) groups is 1. The Kier molecular flexibility index (Phi) is 4.40. The Morgan fingerprint density at radius 2 is 2.00 bits per heavy atom. The van der Waals surface area contributed by atoms with E-state index in [-0.39, 0.29) is 6.09 Å². The topological polar surface area (TPSA) is 95.5 Å². The first-order chi connectivity index (χ1) is 10.3. The molecular weight excluding hydrogens is 282 g/mol. The molecule has 22 heavy (non-hydrogen) atoms. The minimum absolute atomic E-state index is 0.307. The van der Waals surface area contributed by atoms with Crippen molar-refractivity contribution < 1.29 is 9.53 Å². The third-order valence-corrected chi connectivity index (χ3v) is 3.32. The number of carbonyl (C=O) groups excluding carboxylic acids is 1. The van der Waals surface area contributed by atoms with Crippen LogP contribution in [0.1, 0.15) is 26.3 Å². The van der Waals surface area contributed by atoms with Crippen molar-refractivity contribution in [3.05, 3.63) is 17.8 Å². The average Bonchev–Trinajstić information content (AvgIpc) is 2.46. The van der Waals surface area contributed by atoms with E-state index in [1.165, 1.54) is 0 Å². The second-order valence-electron chi connectivity index (χ2n) is 6.16. The molecule has 1 fully saturated rings. The first-order valence-corrected chi connectivity index (χ1v) is 7.19. The fourth-order valence-corrected chi connectivity index (χ4v) is 2.24. The zero-order valence-corrected chi connectivity index (χ0v) is 13.2. The van der Waals surface area contributed by atoms with Gasteiger partial charge in [-0.1, -0.05) is 0 Å². The molecule has 1 amide bonds. The average molecular weight is 303 g/mol. The van der Waals surface area contributed by atoms with Crippen molar-refractivity contribution in [1.82, 2.24) is 9.88 Å². The predicted octanol–water partition coefficient (Wildman–Crippen LogP) is 1.59. The fourth-order valence-electron chi connectivity index (χ4n) is 2.24. The van der Waals surface area contributed by atoms with Crippen LogP contribution >= 0.6 is 0 Å². The number of rotatable bonds is 1. The number of hydrogen-bond donors (Lipinski definition) is 1. The van der Waals surface area contributed by atoms with Crippen molar-refractivity contribution in [2.45, 2.75) is 26.4 Å². The molecule has 2 rings (SSSR count). The van der Waals surface area contributed by atoms with Crippen LogP contribution in [-0.2, 0) is 4.74 Å². The summed E-state index contributed by atoms with van der Waals surface area (Å²) in [5.41, 5.74) is 6.27. The van der Waals surface area contributed by atoms with Gasteiger partial charge in [0.1, 0.15) is 11.7 Å². The summed E-state index contributed by atoms with van der Waals surface area (Å²) in [4.78, 5) is 19.9. The number of nitrogen functional groups attached to an aromatic ring is 1. The van der Waals surface area contributed by atoms with Gasteiger partial charge in [-0.2, -0.15) is 5.26 Å². The van der Waals surface area contributed by atoms with Crippen molar-refractivity contribution in [3.63, 3.8) is 0 Å². The van der Waals surface area contributed by atoms with Crippen molar-refractivity contribution >= 4 is 17.6 Å². The third kappa shape index (κ3) is 3.58. The maximum absolute atomic E-state index is 12.0. The van der Waals surface area contributed by atoms with Crippen LogP contribution in [0.25, 0.3) is 0 Å². The van der Waals surface area contributed by atoms with E-state index in [4.69, 9.17) is 15.7 Å². The maximum atomic E-state index is 12.0. The Morgan fingerprint density at radius 1 is 1.36 bits per heavy atom. The molecule has 2 heterocycles. The Balaban J connectivity index is 2.01. The molecule has 1 aliphatic rings. The Labute approximate surface area is 130 Å². The second-order valence-corrected chi connectivity index (χ2v) is 6.16. The van der Waals surface area contributed by atoms with Crippen molar-refractivity contribution in [2.75, 3.05) is 36.8 Å². The lowest BCUT2D eigenvalue weighted by molar-refractivity contribution is 0.0240. The summed E-state index contributed by atoms with van der Waals surface area (Å²) in [5.74, 6) is 0.600. The SMILES string of the molecule is CC(C)(C)OC(=O)N1CCN(c2nccc(C#N)c2N)CC1. The number of amides is 1. The molecule has 0 unspecified atom stereocenters. The van der Waals surface area contributed by atoms with Gasteiger partial charge in [-0.05, 0) is 26.8 Å². The molecule has 2 N–H and O–H groups in total. The lowest BCUT2D eigenvalue weighted by Crippen LogP contribution is -2.50. The van der Waals surface area contributed by atoms with Gasteiger partial charge in [-0.15, -0.1) is 0 Å². The first kappa shape index (κ1) is 15.9. The first-order valence-electron chi connectivity index (χ1n) is 7.19. The van der Waals surface area contributed by atoms with Crippen LogP contribution in [-0.4, -0.2) is 47.8 Å². The number of ether oxygens (including phenoxy) is 1. The molecule has 7 heteroatoms. The van der Waals surface area contributed by atoms with Gasteiger partial charge >= 0.3 is 6.09 Å².